The van der Waals surface area contributed by atoms with Crippen LogP contribution in [0.1, 0.15) is 24.5 Å². The van der Waals surface area contributed by atoms with Crippen LogP contribution in [0.4, 0.5) is 5.82 Å². The Kier molecular flexibility index (Phi) is 1.62. The Balaban J connectivity index is 2.09. The van der Waals surface area contributed by atoms with Crippen LogP contribution in [0.2, 0.25) is 0 Å². The highest BCUT2D eigenvalue weighted by Gasteiger charge is 2.35. The van der Waals surface area contributed by atoms with E-state index in [1.165, 1.54) is 18.5 Å². The van der Waals surface area contributed by atoms with Gasteiger partial charge in [-0.2, -0.15) is 5.10 Å². The molecule has 2 aromatic rings. The van der Waals surface area contributed by atoms with Crippen LogP contribution in [-0.4, -0.2) is 14.9 Å². The first kappa shape index (κ1) is 8.52. The summed E-state index contributed by atoms with van der Waals surface area (Å²) in [6, 6.07) is 2.02. The summed E-state index contributed by atoms with van der Waals surface area (Å²) < 4.78 is 3.82. The lowest BCUT2D eigenvalue weighted by molar-refractivity contribution is -0.662. The smallest absolute Gasteiger partial charge is 0.273 e. The minimum Gasteiger partial charge on any atom is -0.381 e. The monoisotopic (exact) mass is 204 g/mol. The second-order valence-electron chi connectivity index (χ2n) is 4.12. The number of aromatic nitrogens is 4. The highest BCUT2D eigenvalue weighted by atomic mass is 15.3. The summed E-state index contributed by atoms with van der Waals surface area (Å²) in [7, 11) is 1.91. The minimum atomic E-state index is 0.666. The van der Waals surface area contributed by atoms with Gasteiger partial charge in [0.2, 0.25) is 5.69 Å². The first-order valence-corrected chi connectivity index (χ1v) is 5.13. The number of nitrogens with zero attached hydrogens (tertiary/aromatic N) is 3. The number of aryl methyl sites for hydroxylation is 1. The predicted octanol–water partition coefficient (Wildman–Crippen LogP) is 0.484. The lowest BCUT2D eigenvalue weighted by atomic mass is 10.3. The number of anilines is 1. The van der Waals surface area contributed by atoms with Crippen LogP contribution in [-0.2, 0) is 7.05 Å². The summed E-state index contributed by atoms with van der Waals surface area (Å²) in [5.74, 6) is 1.37. The molecule has 78 valence electrons. The largest absolute Gasteiger partial charge is 0.381 e. The Hall–Kier alpha value is -1.78. The number of nitrogens with one attached hydrogen (secondary N) is 1. The second-order valence-corrected chi connectivity index (χ2v) is 4.12. The Morgan fingerprint density at radius 1 is 1.60 bits per heavy atom. The lowest BCUT2D eigenvalue weighted by Gasteiger charge is -1.89. The molecule has 0 aliphatic heterocycles. The quantitative estimate of drug-likeness (QED) is 0.699. The maximum atomic E-state index is 5.79. The lowest BCUT2D eigenvalue weighted by Crippen LogP contribution is -2.36. The summed E-state index contributed by atoms with van der Waals surface area (Å²) >= 11 is 0. The third kappa shape index (κ3) is 1.40. The molecule has 2 heterocycles. The highest BCUT2D eigenvalue weighted by molar-refractivity contribution is 5.30. The zero-order chi connectivity index (χ0) is 10.4. The van der Waals surface area contributed by atoms with Gasteiger partial charge in [-0.3, -0.25) is 4.68 Å². The van der Waals surface area contributed by atoms with Crippen LogP contribution >= 0.6 is 0 Å². The molecule has 0 amide bonds. The van der Waals surface area contributed by atoms with E-state index in [9.17, 15) is 0 Å². The van der Waals surface area contributed by atoms with E-state index in [-0.39, 0.29) is 0 Å². The molecule has 0 aromatic carbocycles. The van der Waals surface area contributed by atoms with Crippen LogP contribution in [0.3, 0.4) is 0 Å². The Morgan fingerprint density at radius 2 is 2.40 bits per heavy atom. The predicted molar refractivity (Wildman–Crippen MR) is 55.5 cm³/mol. The van der Waals surface area contributed by atoms with Gasteiger partial charge in [0.05, 0.1) is 12.3 Å². The SMILES string of the molecule is Cn1cc(-[n+]2[nH]c(N)cc2C2CC2)cn1. The normalized spacial score (nSPS) is 15.8. The van der Waals surface area contributed by atoms with Crippen molar-refractivity contribution in [2.24, 2.45) is 7.05 Å². The van der Waals surface area contributed by atoms with Crippen LogP contribution in [0, 0.1) is 0 Å². The number of rotatable bonds is 2. The van der Waals surface area contributed by atoms with E-state index in [0.717, 1.165) is 5.69 Å². The Bertz CT molecular complexity index is 492. The first-order chi connectivity index (χ1) is 7.24. The van der Waals surface area contributed by atoms with Gasteiger partial charge in [-0.15, -0.1) is 5.10 Å². The number of hydrogen-bond donors (Lipinski definition) is 2. The molecule has 3 N–H and O–H groups in total. The Labute approximate surface area is 87.5 Å². The molecular formula is C10H14N5+. The zero-order valence-corrected chi connectivity index (χ0v) is 8.64. The molecule has 5 heteroatoms. The fraction of sp³-hybridized carbons (Fsp3) is 0.400. The minimum absolute atomic E-state index is 0.666. The van der Waals surface area contributed by atoms with Gasteiger partial charge in [-0.25, -0.2) is 0 Å². The van der Waals surface area contributed by atoms with Crippen LogP contribution in [0.5, 0.6) is 0 Å². The molecule has 2 aromatic heterocycles. The van der Waals surface area contributed by atoms with Crippen molar-refractivity contribution in [1.29, 1.82) is 0 Å². The fourth-order valence-corrected chi connectivity index (χ4v) is 1.87. The van der Waals surface area contributed by atoms with Gasteiger partial charge in [0.25, 0.3) is 5.69 Å². The van der Waals surface area contributed by atoms with Crippen molar-refractivity contribution in [1.82, 2.24) is 14.9 Å². The fourth-order valence-electron chi connectivity index (χ4n) is 1.87. The molecule has 1 aliphatic rings. The maximum absolute atomic E-state index is 5.79. The van der Waals surface area contributed by atoms with Gasteiger partial charge in [-0.05, 0) is 12.8 Å². The van der Waals surface area contributed by atoms with Crippen molar-refractivity contribution in [2.75, 3.05) is 5.73 Å². The highest BCUT2D eigenvalue weighted by Crippen LogP contribution is 2.39. The van der Waals surface area contributed by atoms with E-state index in [1.54, 1.807) is 4.68 Å². The number of aromatic amines is 1. The van der Waals surface area contributed by atoms with Gasteiger partial charge in [0, 0.05) is 13.0 Å². The molecule has 1 saturated carbocycles. The van der Waals surface area contributed by atoms with Crippen LogP contribution in [0.25, 0.3) is 5.69 Å². The van der Waals surface area contributed by atoms with Gasteiger partial charge in [0.15, 0.2) is 5.82 Å². The standard InChI is InChI=1S/C10H13N5/c1-14-6-8(5-12-14)15-9(7-2-3-7)4-10(11)13-15/h4-7H,2-3H2,1H3,(H2,11,13)/p+1. The molecule has 1 fully saturated rings. The number of nitrogen functional groups attached to an aromatic ring is 1. The summed E-state index contributed by atoms with van der Waals surface area (Å²) in [5.41, 5.74) is 8.09. The van der Waals surface area contributed by atoms with Crippen molar-refractivity contribution < 1.29 is 4.68 Å². The van der Waals surface area contributed by atoms with Crippen molar-refractivity contribution >= 4 is 5.82 Å². The molecule has 0 unspecified atom stereocenters. The van der Waals surface area contributed by atoms with Crippen molar-refractivity contribution in [3.8, 4) is 5.69 Å². The topological polar surface area (TPSA) is 63.5 Å². The van der Waals surface area contributed by atoms with E-state index in [4.69, 9.17) is 5.73 Å². The summed E-state index contributed by atoms with van der Waals surface area (Å²) in [6.45, 7) is 0. The van der Waals surface area contributed by atoms with E-state index in [0.29, 0.717) is 11.7 Å². The summed E-state index contributed by atoms with van der Waals surface area (Å²) in [6.07, 6.45) is 6.33. The van der Waals surface area contributed by atoms with Gasteiger partial charge in [-0.1, -0.05) is 4.68 Å². The number of H-pyrrole nitrogens is 1. The first-order valence-electron chi connectivity index (χ1n) is 5.13. The average molecular weight is 204 g/mol. The molecule has 15 heavy (non-hydrogen) atoms. The molecule has 3 rings (SSSR count). The van der Waals surface area contributed by atoms with E-state index in [1.807, 2.05) is 30.2 Å². The number of hydrogen-bond acceptors (Lipinski definition) is 2. The van der Waals surface area contributed by atoms with E-state index >= 15 is 0 Å². The molecule has 1 aliphatic carbocycles. The molecule has 0 atom stereocenters. The van der Waals surface area contributed by atoms with Crippen molar-refractivity contribution in [3.63, 3.8) is 0 Å². The molecular weight excluding hydrogens is 190 g/mol. The average Bonchev–Trinajstić information content (AvgIpc) is 2.85. The van der Waals surface area contributed by atoms with Crippen LogP contribution < -0.4 is 10.4 Å². The van der Waals surface area contributed by atoms with Crippen LogP contribution in [0.15, 0.2) is 18.5 Å². The Morgan fingerprint density at radius 3 is 3.00 bits per heavy atom. The molecule has 0 saturated heterocycles. The second kappa shape index (κ2) is 2.85. The van der Waals surface area contributed by atoms with Crippen molar-refractivity contribution in [3.05, 3.63) is 24.2 Å². The van der Waals surface area contributed by atoms with Gasteiger partial charge in [0.1, 0.15) is 6.20 Å². The summed E-state index contributed by atoms with van der Waals surface area (Å²) in [5, 5.41) is 7.29. The zero-order valence-electron chi connectivity index (χ0n) is 8.64. The number of nitrogens with two attached hydrogens (primary N) is 1. The van der Waals surface area contributed by atoms with Gasteiger partial charge < -0.3 is 5.73 Å². The summed E-state index contributed by atoms with van der Waals surface area (Å²) in [4.78, 5) is 0. The maximum Gasteiger partial charge on any atom is 0.273 e. The van der Waals surface area contributed by atoms with Crippen molar-refractivity contribution in [2.45, 2.75) is 18.8 Å². The van der Waals surface area contributed by atoms with Gasteiger partial charge >= 0.3 is 0 Å². The third-order valence-corrected chi connectivity index (χ3v) is 2.75. The molecule has 0 spiro atoms. The molecule has 5 nitrogen and oxygen atoms in total. The van der Waals surface area contributed by atoms with E-state index < -0.39 is 0 Å². The molecule has 0 bridgehead atoms. The third-order valence-electron chi connectivity index (χ3n) is 2.75. The molecule has 0 radical (unpaired) electrons. The van der Waals surface area contributed by atoms with E-state index in [2.05, 4.69) is 10.2 Å².